The van der Waals surface area contributed by atoms with Gasteiger partial charge in [-0.25, -0.2) is 0 Å². The van der Waals surface area contributed by atoms with Gasteiger partial charge in [0.05, 0.1) is 0 Å². The molecule has 0 fully saturated rings. The smallest absolute Gasteiger partial charge is 0.196 e. The lowest BCUT2D eigenvalue weighted by Crippen LogP contribution is -2.15. The predicted molar refractivity (Wildman–Crippen MR) is 67.3 cm³/mol. The highest BCUT2D eigenvalue weighted by molar-refractivity contribution is 5.85. The average molecular weight is 232 g/mol. The van der Waals surface area contributed by atoms with Crippen LogP contribution in [0.3, 0.4) is 0 Å². The average Bonchev–Trinajstić information content (AvgIpc) is 2.28. The molecule has 3 nitrogen and oxygen atoms in total. The molecule has 0 aliphatic rings. The van der Waals surface area contributed by atoms with Crippen molar-refractivity contribution in [1.82, 2.24) is 0 Å². The van der Waals surface area contributed by atoms with Crippen LogP contribution in [0.4, 0.5) is 0 Å². The van der Waals surface area contributed by atoms with Crippen LogP contribution in [0.25, 0.3) is 10.8 Å². The van der Waals surface area contributed by atoms with Gasteiger partial charge in [-0.15, -0.1) is 0 Å². The van der Waals surface area contributed by atoms with Crippen molar-refractivity contribution in [3.63, 3.8) is 0 Å². The standard InChI is InChI=1S/C14H16O3/c1-3-16-10(2)17-14-7-5-11-4-6-13(15)8-12(11)9-14/h4-10,15H,3H2,1-2H3. The molecule has 1 N–H and O–H groups in total. The van der Waals surface area contributed by atoms with E-state index in [9.17, 15) is 5.11 Å². The lowest BCUT2D eigenvalue weighted by molar-refractivity contribution is -0.0612. The predicted octanol–water partition coefficient (Wildman–Crippen LogP) is 3.31. The topological polar surface area (TPSA) is 38.7 Å². The van der Waals surface area contributed by atoms with E-state index < -0.39 is 0 Å². The third-order valence-corrected chi connectivity index (χ3v) is 2.50. The van der Waals surface area contributed by atoms with Crippen LogP contribution in [-0.4, -0.2) is 18.0 Å². The molecule has 0 saturated heterocycles. The first kappa shape index (κ1) is 11.7. The van der Waals surface area contributed by atoms with E-state index in [0.717, 1.165) is 16.5 Å². The summed E-state index contributed by atoms with van der Waals surface area (Å²) in [5.41, 5.74) is 0. The summed E-state index contributed by atoms with van der Waals surface area (Å²) >= 11 is 0. The molecule has 3 heteroatoms. The van der Waals surface area contributed by atoms with E-state index in [0.29, 0.717) is 6.61 Å². The van der Waals surface area contributed by atoms with E-state index in [1.807, 2.05) is 38.1 Å². The summed E-state index contributed by atoms with van der Waals surface area (Å²) in [6, 6.07) is 11.0. The zero-order valence-electron chi connectivity index (χ0n) is 10.0. The van der Waals surface area contributed by atoms with Crippen LogP contribution in [0.15, 0.2) is 36.4 Å². The third kappa shape index (κ3) is 2.88. The number of hydrogen-bond donors (Lipinski definition) is 1. The maximum Gasteiger partial charge on any atom is 0.196 e. The summed E-state index contributed by atoms with van der Waals surface area (Å²) in [7, 11) is 0. The molecule has 17 heavy (non-hydrogen) atoms. The van der Waals surface area contributed by atoms with Gasteiger partial charge in [-0.2, -0.15) is 0 Å². The lowest BCUT2D eigenvalue weighted by Gasteiger charge is -2.14. The molecule has 1 atom stereocenters. The lowest BCUT2D eigenvalue weighted by atomic mass is 10.1. The minimum absolute atomic E-state index is 0.257. The molecule has 90 valence electrons. The highest BCUT2D eigenvalue weighted by Gasteiger charge is 2.04. The summed E-state index contributed by atoms with van der Waals surface area (Å²) in [5, 5.41) is 11.4. The van der Waals surface area contributed by atoms with E-state index in [-0.39, 0.29) is 12.0 Å². The molecule has 2 aromatic rings. The Morgan fingerprint density at radius 2 is 1.88 bits per heavy atom. The number of hydrogen-bond acceptors (Lipinski definition) is 3. The second kappa shape index (κ2) is 5.06. The van der Waals surface area contributed by atoms with Gasteiger partial charge < -0.3 is 14.6 Å². The Morgan fingerprint density at radius 1 is 1.12 bits per heavy atom. The van der Waals surface area contributed by atoms with E-state index >= 15 is 0 Å². The minimum atomic E-state index is -0.269. The highest BCUT2D eigenvalue weighted by Crippen LogP contribution is 2.24. The van der Waals surface area contributed by atoms with Crippen molar-refractivity contribution in [3.05, 3.63) is 36.4 Å². The van der Waals surface area contributed by atoms with Crippen molar-refractivity contribution in [2.45, 2.75) is 20.1 Å². The normalized spacial score (nSPS) is 12.6. The van der Waals surface area contributed by atoms with E-state index in [1.165, 1.54) is 0 Å². The Morgan fingerprint density at radius 3 is 2.65 bits per heavy atom. The number of phenolic OH excluding ortho intramolecular Hbond substituents is 1. The SMILES string of the molecule is CCOC(C)Oc1ccc2ccc(O)cc2c1. The van der Waals surface area contributed by atoms with Crippen LogP contribution in [0.1, 0.15) is 13.8 Å². The zero-order valence-corrected chi connectivity index (χ0v) is 10.0. The summed E-state index contributed by atoms with van der Waals surface area (Å²) in [5.74, 6) is 0.997. The van der Waals surface area contributed by atoms with Crippen LogP contribution < -0.4 is 4.74 Å². The number of phenols is 1. The quantitative estimate of drug-likeness (QED) is 0.822. The number of aromatic hydroxyl groups is 1. The first-order chi connectivity index (χ1) is 8.19. The second-order valence-electron chi connectivity index (χ2n) is 3.83. The minimum Gasteiger partial charge on any atom is -0.508 e. The highest BCUT2D eigenvalue weighted by atomic mass is 16.7. The van der Waals surface area contributed by atoms with Crippen LogP contribution in [-0.2, 0) is 4.74 Å². The van der Waals surface area contributed by atoms with Crippen LogP contribution in [0.2, 0.25) is 0 Å². The largest absolute Gasteiger partial charge is 0.508 e. The molecular formula is C14H16O3. The summed E-state index contributed by atoms with van der Waals surface area (Å²) in [4.78, 5) is 0. The van der Waals surface area contributed by atoms with E-state index in [2.05, 4.69) is 0 Å². The monoisotopic (exact) mass is 232 g/mol. The Bertz CT molecular complexity index is 508. The van der Waals surface area contributed by atoms with E-state index in [1.54, 1.807) is 12.1 Å². The van der Waals surface area contributed by atoms with Crippen LogP contribution in [0.5, 0.6) is 11.5 Å². The summed E-state index contributed by atoms with van der Waals surface area (Å²) < 4.78 is 10.9. The van der Waals surface area contributed by atoms with Gasteiger partial charge in [0.1, 0.15) is 11.5 Å². The molecule has 0 bridgehead atoms. The van der Waals surface area contributed by atoms with Crippen molar-refractivity contribution in [2.24, 2.45) is 0 Å². The molecule has 0 saturated carbocycles. The Hall–Kier alpha value is -1.74. The number of fused-ring (bicyclic) bond motifs is 1. The number of ether oxygens (including phenoxy) is 2. The third-order valence-electron chi connectivity index (χ3n) is 2.50. The first-order valence-corrected chi connectivity index (χ1v) is 5.70. The van der Waals surface area contributed by atoms with Gasteiger partial charge in [0.25, 0.3) is 0 Å². The fraction of sp³-hybridized carbons (Fsp3) is 0.286. The van der Waals surface area contributed by atoms with Crippen molar-refractivity contribution in [3.8, 4) is 11.5 Å². The molecule has 0 heterocycles. The van der Waals surface area contributed by atoms with Crippen LogP contribution in [0, 0.1) is 0 Å². The number of rotatable bonds is 4. The Labute approximate surface area is 101 Å². The van der Waals surface area contributed by atoms with Gasteiger partial charge in [0.2, 0.25) is 0 Å². The maximum absolute atomic E-state index is 9.42. The second-order valence-corrected chi connectivity index (χ2v) is 3.83. The molecule has 2 rings (SSSR count). The first-order valence-electron chi connectivity index (χ1n) is 5.70. The summed E-state index contributed by atoms with van der Waals surface area (Å²) in [6.45, 7) is 4.41. The fourth-order valence-electron chi connectivity index (χ4n) is 1.75. The molecular weight excluding hydrogens is 216 g/mol. The molecule has 0 aliphatic heterocycles. The molecule has 0 aliphatic carbocycles. The molecule has 1 unspecified atom stereocenters. The molecule has 0 spiro atoms. The fourth-order valence-corrected chi connectivity index (χ4v) is 1.75. The Kier molecular flexibility index (Phi) is 3.49. The van der Waals surface area contributed by atoms with Crippen molar-refractivity contribution >= 4 is 10.8 Å². The van der Waals surface area contributed by atoms with Gasteiger partial charge in [-0.05, 0) is 48.9 Å². The maximum atomic E-state index is 9.42. The van der Waals surface area contributed by atoms with Crippen LogP contribution >= 0.6 is 0 Å². The molecule has 0 amide bonds. The van der Waals surface area contributed by atoms with Gasteiger partial charge in [0.15, 0.2) is 6.29 Å². The van der Waals surface area contributed by atoms with Crippen molar-refractivity contribution in [1.29, 1.82) is 0 Å². The molecule has 2 aromatic carbocycles. The van der Waals surface area contributed by atoms with Gasteiger partial charge >= 0.3 is 0 Å². The molecule has 0 aromatic heterocycles. The van der Waals surface area contributed by atoms with Gasteiger partial charge in [-0.1, -0.05) is 12.1 Å². The zero-order chi connectivity index (χ0) is 12.3. The summed E-state index contributed by atoms with van der Waals surface area (Å²) in [6.07, 6.45) is -0.269. The number of benzene rings is 2. The van der Waals surface area contributed by atoms with Crippen molar-refractivity contribution in [2.75, 3.05) is 6.61 Å². The van der Waals surface area contributed by atoms with Gasteiger partial charge in [-0.3, -0.25) is 0 Å². The molecule has 0 radical (unpaired) electrons. The Balaban J connectivity index is 2.24. The van der Waals surface area contributed by atoms with Crippen molar-refractivity contribution < 1.29 is 14.6 Å². The van der Waals surface area contributed by atoms with E-state index in [4.69, 9.17) is 9.47 Å². The van der Waals surface area contributed by atoms with Gasteiger partial charge in [0, 0.05) is 6.61 Å².